The van der Waals surface area contributed by atoms with Gasteiger partial charge in [0.2, 0.25) is 11.8 Å². The number of para-hydroxylation sites is 2. The molecule has 0 saturated carbocycles. The average molecular weight is 391 g/mol. The lowest BCUT2D eigenvalue weighted by Crippen LogP contribution is -2.44. The van der Waals surface area contributed by atoms with Crippen LogP contribution in [0.3, 0.4) is 0 Å². The van der Waals surface area contributed by atoms with Crippen molar-refractivity contribution in [1.29, 1.82) is 0 Å². The van der Waals surface area contributed by atoms with E-state index in [1.54, 1.807) is 18.5 Å². The predicted octanol–water partition coefficient (Wildman–Crippen LogP) is 4.16. The van der Waals surface area contributed by atoms with Gasteiger partial charge in [-0.05, 0) is 56.4 Å². The number of pyridine rings is 1. The van der Waals surface area contributed by atoms with Crippen molar-refractivity contribution in [1.82, 2.24) is 9.88 Å². The smallest absolute Gasteiger partial charge is 0.249 e. The fourth-order valence-corrected chi connectivity index (χ4v) is 3.87. The molecule has 2 aliphatic rings. The topological polar surface area (TPSA) is 71.5 Å². The highest BCUT2D eigenvalue weighted by Crippen LogP contribution is 2.30. The van der Waals surface area contributed by atoms with Crippen molar-refractivity contribution in [2.75, 3.05) is 18.4 Å². The number of piperidine rings is 1. The van der Waals surface area contributed by atoms with Crippen molar-refractivity contribution >= 4 is 17.5 Å². The first-order valence-electron chi connectivity index (χ1n) is 10.2. The second-order valence-corrected chi connectivity index (χ2v) is 7.49. The second kappa shape index (κ2) is 8.90. The van der Waals surface area contributed by atoms with Gasteiger partial charge in [-0.15, -0.1) is 0 Å². The highest BCUT2D eigenvalue weighted by atomic mass is 16.5. The lowest BCUT2D eigenvalue weighted by molar-refractivity contribution is -0.131. The number of amides is 2. The quantitative estimate of drug-likeness (QED) is 0.831. The number of likely N-dealkylation sites (tertiary alicyclic amines) is 1. The molecule has 0 radical (unpaired) electrons. The second-order valence-electron chi connectivity index (χ2n) is 7.49. The maximum Gasteiger partial charge on any atom is 0.249 e. The van der Waals surface area contributed by atoms with Crippen LogP contribution in [-0.2, 0) is 9.59 Å². The van der Waals surface area contributed by atoms with E-state index in [0.29, 0.717) is 23.7 Å². The van der Waals surface area contributed by atoms with E-state index in [2.05, 4.69) is 10.3 Å². The van der Waals surface area contributed by atoms with Crippen molar-refractivity contribution in [3.63, 3.8) is 0 Å². The zero-order chi connectivity index (χ0) is 20.1. The minimum atomic E-state index is -0.221. The fraction of sp³-hybridized carbons (Fsp3) is 0.348. The average Bonchev–Trinajstić information content (AvgIpc) is 3.30. The van der Waals surface area contributed by atoms with Gasteiger partial charge in [-0.3, -0.25) is 14.6 Å². The summed E-state index contributed by atoms with van der Waals surface area (Å²) in [6.07, 6.45) is 9.84. The maximum atomic E-state index is 12.9. The summed E-state index contributed by atoms with van der Waals surface area (Å²) in [5, 5.41) is 2.99. The number of ether oxygens (including phenoxy) is 1. The molecule has 1 saturated heterocycles. The third-order valence-electron chi connectivity index (χ3n) is 5.40. The lowest BCUT2D eigenvalue weighted by atomic mass is 9.96. The summed E-state index contributed by atoms with van der Waals surface area (Å²) in [5.74, 6) is 0.966. The van der Waals surface area contributed by atoms with Crippen LogP contribution in [0.25, 0.3) is 0 Å². The monoisotopic (exact) mass is 391 g/mol. The van der Waals surface area contributed by atoms with E-state index in [0.717, 1.165) is 44.2 Å². The summed E-state index contributed by atoms with van der Waals surface area (Å²) in [5.41, 5.74) is 1.52. The molecule has 4 rings (SSSR count). The summed E-state index contributed by atoms with van der Waals surface area (Å²) in [7, 11) is 0. The Bertz CT molecular complexity index is 911. The molecule has 29 heavy (non-hydrogen) atoms. The molecule has 1 aromatic carbocycles. The van der Waals surface area contributed by atoms with Gasteiger partial charge in [0, 0.05) is 24.9 Å². The van der Waals surface area contributed by atoms with Crippen LogP contribution >= 0.6 is 0 Å². The molecule has 1 atom stereocenters. The molecule has 1 fully saturated rings. The Morgan fingerprint density at radius 3 is 2.83 bits per heavy atom. The molecule has 1 unspecified atom stereocenters. The number of carbonyl (C=O) groups excluding carboxylic acids is 2. The van der Waals surface area contributed by atoms with Crippen LogP contribution in [0.2, 0.25) is 0 Å². The summed E-state index contributed by atoms with van der Waals surface area (Å²) >= 11 is 0. The maximum absolute atomic E-state index is 12.9. The van der Waals surface area contributed by atoms with Gasteiger partial charge in [-0.1, -0.05) is 18.2 Å². The molecular formula is C23H25N3O3. The molecule has 1 aliphatic carbocycles. The first kappa shape index (κ1) is 19.2. The standard InChI is InChI=1S/C23H25N3O3/c27-22(18-9-6-14-26(16-18)23(28)17-7-1-2-8-17)25-20-11-3-4-12-21(20)29-19-10-5-13-24-15-19/h3-5,7,10-13,15,18H,1-2,6,8-9,14,16H2,(H,25,27). The molecule has 150 valence electrons. The molecule has 2 amide bonds. The Hall–Kier alpha value is -3.15. The third kappa shape index (κ3) is 4.65. The number of anilines is 1. The zero-order valence-corrected chi connectivity index (χ0v) is 16.3. The van der Waals surface area contributed by atoms with E-state index < -0.39 is 0 Å². The summed E-state index contributed by atoms with van der Waals surface area (Å²) in [6.45, 7) is 1.19. The molecule has 0 spiro atoms. The molecule has 0 bridgehead atoms. The molecule has 1 aliphatic heterocycles. The summed E-state index contributed by atoms with van der Waals surface area (Å²) < 4.78 is 5.88. The molecule has 1 N–H and O–H groups in total. The van der Waals surface area contributed by atoms with E-state index >= 15 is 0 Å². The highest BCUT2D eigenvalue weighted by molar-refractivity contribution is 5.96. The zero-order valence-electron chi connectivity index (χ0n) is 16.3. The normalized spacial score (nSPS) is 18.8. The van der Waals surface area contributed by atoms with Gasteiger partial charge in [-0.25, -0.2) is 0 Å². The Kier molecular flexibility index (Phi) is 5.89. The van der Waals surface area contributed by atoms with Crippen LogP contribution in [0, 0.1) is 5.92 Å². The van der Waals surface area contributed by atoms with Crippen molar-refractivity contribution in [2.45, 2.75) is 32.1 Å². The Labute approximate surface area is 170 Å². The van der Waals surface area contributed by atoms with Crippen molar-refractivity contribution in [3.8, 4) is 11.5 Å². The minimum Gasteiger partial charge on any atom is -0.454 e. The van der Waals surface area contributed by atoms with Gasteiger partial charge in [0.15, 0.2) is 5.75 Å². The van der Waals surface area contributed by atoms with Crippen molar-refractivity contribution in [3.05, 3.63) is 60.4 Å². The molecule has 2 heterocycles. The SMILES string of the molecule is O=C(Nc1ccccc1Oc1cccnc1)C1CCCN(C(=O)C2=CCCC2)C1. The van der Waals surface area contributed by atoms with Crippen molar-refractivity contribution in [2.24, 2.45) is 5.92 Å². The van der Waals surface area contributed by atoms with Crippen LogP contribution < -0.4 is 10.1 Å². The summed E-state index contributed by atoms with van der Waals surface area (Å²) in [6, 6.07) is 11.0. The van der Waals surface area contributed by atoms with Crippen LogP contribution in [0.4, 0.5) is 5.69 Å². The number of nitrogens with zero attached hydrogens (tertiary/aromatic N) is 2. The molecule has 1 aromatic heterocycles. The number of carbonyl (C=O) groups is 2. The number of nitrogens with one attached hydrogen (secondary N) is 1. The van der Waals surface area contributed by atoms with E-state index in [1.807, 2.05) is 41.3 Å². The number of rotatable bonds is 5. The summed E-state index contributed by atoms with van der Waals surface area (Å²) in [4.78, 5) is 31.5. The van der Waals surface area contributed by atoms with E-state index in [9.17, 15) is 9.59 Å². The molecule has 6 nitrogen and oxygen atoms in total. The lowest BCUT2D eigenvalue weighted by Gasteiger charge is -2.32. The number of aromatic nitrogens is 1. The third-order valence-corrected chi connectivity index (χ3v) is 5.40. The van der Waals surface area contributed by atoms with Crippen LogP contribution in [0.5, 0.6) is 11.5 Å². The van der Waals surface area contributed by atoms with Gasteiger partial charge in [-0.2, -0.15) is 0 Å². The van der Waals surface area contributed by atoms with E-state index in [4.69, 9.17) is 4.74 Å². The first-order chi connectivity index (χ1) is 14.2. The number of hydrogen-bond acceptors (Lipinski definition) is 4. The van der Waals surface area contributed by atoms with Crippen LogP contribution in [-0.4, -0.2) is 34.8 Å². The number of allylic oxidation sites excluding steroid dienone is 1. The highest BCUT2D eigenvalue weighted by Gasteiger charge is 2.30. The largest absolute Gasteiger partial charge is 0.454 e. The molecule has 6 heteroatoms. The fourth-order valence-electron chi connectivity index (χ4n) is 3.87. The van der Waals surface area contributed by atoms with Gasteiger partial charge >= 0.3 is 0 Å². The van der Waals surface area contributed by atoms with E-state index in [1.165, 1.54) is 0 Å². The predicted molar refractivity (Wildman–Crippen MR) is 111 cm³/mol. The Morgan fingerprint density at radius 1 is 1.14 bits per heavy atom. The number of benzene rings is 1. The molecular weight excluding hydrogens is 366 g/mol. The van der Waals surface area contributed by atoms with Crippen molar-refractivity contribution < 1.29 is 14.3 Å². The van der Waals surface area contributed by atoms with E-state index in [-0.39, 0.29) is 17.7 Å². The minimum absolute atomic E-state index is 0.0786. The van der Waals surface area contributed by atoms with Gasteiger partial charge in [0.1, 0.15) is 5.75 Å². The van der Waals surface area contributed by atoms with Crippen LogP contribution in [0.1, 0.15) is 32.1 Å². The Balaban J connectivity index is 1.42. The van der Waals surface area contributed by atoms with Gasteiger partial charge in [0.25, 0.3) is 0 Å². The number of hydrogen-bond donors (Lipinski definition) is 1. The van der Waals surface area contributed by atoms with Gasteiger partial charge in [0.05, 0.1) is 17.8 Å². The van der Waals surface area contributed by atoms with Crippen LogP contribution in [0.15, 0.2) is 60.4 Å². The molecule has 2 aromatic rings. The Morgan fingerprint density at radius 2 is 2.03 bits per heavy atom. The van der Waals surface area contributed by atoms with Gasteiger partial charge < -0.3 is 15.0 Å². The first-order valence-corrected chi connectivity index (χ1v) is 10.2.